The molecule has 4 rings (SSSR count). The molecule has 4 aromatic rings. The molecule has 1 N–H and O–H groups in total. The van der Waals surface area contributed by atoms with Crippen LogP contribution in [0.5, 0.6) is 5.75 Å². The Hall–Kier alpha value is -4.40. The first-order valence-corrected chi connectivity index (χ1v) is 13.1. The Morgan fingerprint density at radius 2 is 1.69 bits per heavy atom. The number of rotatable bonds is 13. The highest BCUT2D eigenvalue weighted by molar-refractivity contribution is 5.88. The Morgan fingerprint density at radius 3 is 2.49 bits per heavy atom. The minimum absolute atomic E-state index is 0.0129. The van der Waals surface area contributed by atoms with Gasteiger partial charge in [0.05, 0.1) is 19.8 Å². The summed E-state index contributed by atoms with van der Waals surface area (Å²) in [7, 11) is 0. The van der Waals surface area contributed by atoms with Crippen molar-refractivity contribution in [3.05, 3.63) is 60.7 Å². The molecule has 1 aromatic heterocycles. The summed E-state index contributed by atoms with van der Waals surface area (Å²) in [5.41, 5.74) is 2.46. The van der Waals surface area contributed by atoms with E-state index in [0.717, 1.165) is 27.4 Å². The highest BCUT2D eigenvalue weighted by Crippen LogP contribution is 2.29. The van der Waals surface area contributed by atoms with E-state index in [-0.39, 0.29) is 38.4 Å². The van der Waals surface area contributed by atoms with Gasteiger partial charge in [-0.15, -0.1) is 0 Å². The van der Waals surface area contributed by atoms with Gasteiger partial charge in [-0.2, -0.15) is 0 Å². The summed E-state index contributed by atoms with van der Waals surface area (Å²) in [4.78, 5) is 40.8. The number of aromatic nitrogens is 1. The van der Waals surface area contributed by atoms with Crippen LogP contribution in [0.4, 0.5) is 0 Å². The van der Waals surface area contributed by atoms with E-state index in [0.29, 0.717) is 24.7 Å². The van der Waals surface area contributed by atoms with E-state index >= 15 is 0 Å². The maximum Gasteiger partial charge on any atom is 0.328 e. The molecular weight excluding hydrogens is 500 g/mol. The van der Waals surface area contributed by atoms with Crippen LogP contribution in [0.2, 0.25) is 0 Å². The molecule has 3 aromatic carbocycles. The Kier molecular flexibility index (Phi) is 9.50. The van der Waals surface area contributed by atoms with Crippen LogP contribution in [0.3, 0.4) is 0 Å². The van der Waals surface area contributed by atoms with Gasteiger partial charge in [-0.25, -0.2) is 9.78 Å². The molecule has 9 heteroatoms. The van der Waals surface area contributed by atoms with E-state index in [4.69, 9.17) is 18.6 Å². The molecule has 1 atom stereocenters. The van der Waals surface area contributed by atoms with E-state index < -0.39 is 18.0 Å². The van der Waals surface area contributed by atoms with Gasteiger partial charge < -0.3 is 23.9 Å². The second-order valence-electron chi connectivity index (χ2n) is 8.88. The zero-order chi connectivity index (χ0) is 27.6. The van der Waals surface area contributed by atoms with Crippen molar-refractivity contribution in [2.75, 3.05) is 19.8 Å². The summed E-state index contributed by atoms with van der Waals surface area (Å²) < 4.78 is 21.7. The SMILES string of the molecule is CCOC(=O)CCC(NC(=O)CCCOc1ccc2cc(-c3nc4ccccc4o3)ccc2c1)C(=O)OCC. The van der Waals surface area contributed by atoms with Crippen molar-refractivity contribution in [2.24, 2.45) is 0 Å². The molecule has 1 heterocycles. The van der Waals surface area contributed by atoms with Gasteiger partial charge in [0.1, 0.15) is 17.3 Å². The molecule has 0 bridgehead atoms. The normalized spacial score (nSPS) is 11.7. The molecule has 0 radical (unpaired) electrons. The van der Waals surface area contributed by atoms with Gasteiger partial charge in [0.25, 0.3) is 0 Å². The second-order valence-corrected chi connectivity index (χ2v) is 8.88. The van der Waals surface area contributed by atoms with Gasteiger partial charge >= 0.3 is 11.9 Å². The number of hydrogen-bond acceptors (Lipinski definition) is 8. The number of nitrogens with one attached hydrogen (secondary N) is 1. The molecule has 39 heavy (non-hydrogen) atoms. The summed E-state index contributed by atoms with van der Waals surface area (Å²) >= 11 is 0. The fourth-order valence-corrected chi connectivity index (χ4v) is 4.12. The molecular formula is C30H32N2O7. The van der Waals surface area contributed by atoms with Crippen molar-refractivity contribution in [1.29, 1.82) is 0 Å². The van der Waals surface area contributed by atoms with E-state index in [1.54, 1.807) is 13.8 Å². The van der Waals surface area contributed by atoms with Crippen LogP contribution in [0.25, 0.3) is 33.3 Å². The lowest BCUT2D eigenvalue weighted by Gasteiger charge is -2.17. The maximum atomic E-state index is 12.4. The van der Waals surface area contributed by atoms with E-state index in [1.807, 2.05) is 60.7 Å². The number of para-hydroxylation sites is 2. The van der Waals surface area contributed by atoms with Crippen molar-refractivity contribution in [2.45, 2.75) is 45.6 Å². The number of amides is 1. The lowest BCUT2D eigenvalue weighted by Crippen LogP contribution is -2.42. The van der Waals surface area contributed by atoms with Gasteiger partial charge in [-0.05, 0) is 73.9 Å². The number of hydrogen-bond donors (Lipinski definition) is 1. The molecule has 0 aliphatic rings. The highest BCUT2D eigenvalue weighted by Gasteiger charge is 2.23. The number of nitrogens with zero attached hydrogens (tertiary/aromatic N) is 1. The van der Waals surface area contributed by atoms with Crippen LogP contribution in [0.15, 0.2) is 65.1 Å². The number of fused-ring (bicyclic) bond motifs is 2. The first-order chi connectivity index (χ1) is 19.0. The predicted octanol–water partition coefficient (Wildman–Crippen LogP) is 5.20. The molecule has 0 fully saturated rings. The van der Waals surface area contributed by atoms with E-state index in [2.05, 4.69) is 10.3 Å². The fraction of sp³-hybridized carbons (Fsp3) is 0.333. The summed E-state index contributed by atoms with van der Waals surface area (Å²) in [6.07, 6.45) is 0.745. The Balaban J connectivity index is 1.27. The van der Waals surface area contributed by atoms with Crippen molar-refractivity contribution < 1.29 is 33.0 Å². The highest BCUT2D eigenvalue weighted by atomic mass is 16.5. The van der Waals surface area contributed by atoms with Gasteiger partial charge in [-0.1, -0.05) is 24.3 Å². The lowest BCUT2D eigenvalue weighted by atomic mass is 10.1. The number of esters is 2. The summed E-state index contributed by atoms with van der Waals surface area (Å²) in [5, 5.41) is 4.69. The Morgan fingerprint density at radius 1 is 0.923 bits per heavy atom. The van der Waals surface area contributed by atoms with Crippen LogP contribution in [0.1, 0.15) is 39.5 Å². The van der Waals surface area contributed by atoms with E-state index in [9.17, 15) is 14.4 Å². The zero-order valence-electron chi connectivity index (χ0n) is 22.1. The van der Waals surface area contributed by atoms with Crippen molar-refractivity contribution in [3.63, 3.8) is 0 Å². The molecule has 0 spiro atoms. The summed E-state index contributed by atoms with van der Waals surface area (Å²) in [6, 6.07) is 18.5. The second kappa shape index (κ2) is 13.4. The molecule has 0 saturated heterocycles. The average Bonchev–Trinajstić information content (AvgIpc) is 3.38. The Bertz CT molecular complexity index is 1410. The topological polar surface area (TPSA) is 117 Å². The standard InChI is InChI=1S/C30H32N2O7/c1-3-36-28(34)16-15-25(30(35)37-4-2)31-27(33)10-7-17-38-23-14-13-20-18-22(12-11-21(20)19-23)29-32-24-8-5-6-9-26(24)39-29/h5-6,8-9,11-14,18-19,25H,3-4,7,10,15-17H2,1-2H3,(H,31,33). The van der Waals surface area contributed by atoms with Crippen molar-refractivity contribution in [3.8, 4) is 17.2 Å². The fourth-order valence-electron chi connectivity index (χ4n) is 4.12. The van der Waals surface area contributed by atoms with Crippen LogP contribution in [0, 0.1) is 0 Å². The number of oxazole rings is 1. The van der Waals surface area contributed by atoms with Crippen molar-refractivity contribution >= 4 is 39.7 Å². The van der Waals surface area contributed by atoms with Gasteiger partial charge in [-0.3, -0.25) is 9.59 Å². The largest absolute Gasteiger partial charge is 0.494 e. The third-order valence-corrected chi connectivity index (χ3v) is 6.02. The maximum absolute atomic E-state index is 12.4. The van der Waals surface area contributed by atoms with Crippen LogP contribution in [-0.2, 0) is 23.9 Å². The van der Waals surface area contributed by atoms with Gasteiger partial charge in [0, 0.05) is 18.4 Å². The molecule has 0 aliphatic heterocycles. The minimum atomic E-state index is -0.900. The third kappa shape index (κ3) is 7.56. The van der Waals surface area contributed by atoms with Crippen LogP contribution in [-0.4, -0.2) is 48.7 Å². The van der Waals surface area contributed by atoms with Gasteiger partial charge in [0.2, 0.25) is 11.8 Å². The minimum Gasteiger partial charge on any atom is -0.494 e. The number of carbonyl (C=O) groups excluding carboxylic acids is 3. The predicted molar refractivity (Wildman–Crippen MR) is 146 cm³/mol. The first kappa shape index (κ1) is 27.6. The molecule has 9 nitrogen and oxygen atoms in total. The first-order valence-electron chi connectivity index (χ1n) is 13.1. The quantitative estimate of drug-likeness (QED) is 0.185. The summed E-state index contributed by atoms with van der Waals surface area (Å²) in [5.74, 6) is -0.0426. The molecule has 1 amide bonds. The number of ether oxygens (including phenoxy) is 3. The lowest BCUT2D eigenvalue weighted by molar-refractivity contribution is -0.148. The summed E-state index contributed by atoms with van der Waals surface area (Å²) in [6.45, 7) is 4.16. The van der Waals surface area contributed by atoms with Crippen LogP contribution >= 0.6 is 0 Å². The Labute approximate surface area is 226 Å². The number of benzene rings is 3. The molecule has 1 unspecified atom stereocenters. The molecule has 0 aliphatic carbocycles. The van der Waals surface area contributed by atoms with E-state index in [1.165, 1.54) is 0 Å². The molecule has 0 saturated carbocycles. The average molecular weight is 533 g/mol. The molecule has 204 valence electrons. The third-order valence-electron chi connectivity index (χ3n) is 6.02. The zero-order valence-corrected chi connectivity index (χ0v) is 22.1. The van der Waals surface area contributed by atoms with Gasteiger partial charge in [0.15, 0.2) is 5.58 Å². The smallest absolute Gasteiger partial charge is 0.328 e. The van der Waals surface area contributed by atoms with Crippen molar-refractivity contribution in [1.82, 2.24) is 10.3 Å². The van der Waals surface area contributed by atoms with Crippen LogP contribution < -0.4 is 10.1 Å². The number of carbonyl (C=O) groups is 3. The monoisotopic (exact) mass is 532 g/mol.